The second-order valence-electron chi connectivity index (χ2n) is 10.8. The van der Waals surface area contributed by atoms with Gasteiger partial charge in [0.2, 0.25) is 0 Å². The van der Waals surface area contributed by atoms with Crippen molar-refractivity contribution in [1.82, 2.24) is 19.8 Å². The average molecular weight is 506 g/mol. The predicted molar refractivity (Wildman–Crippen MR) is 133 cm³/mol. The minimum atomic E-state index is -0.622. The lowest BCUT2D eigenvalue weighted by Gasteiger charge is -2.28. The predicted octanol–water partition coefficient (Wildman–Crippen LogP) is 3.54. The monoisotopic (exact) mass is 505 g/mol. The number of rotatable bonds is 6. The molecule has 1 aromatic carbocycles. The van der Waals surface area contributed by atoms with Gasteiger partial charge in [-0.3, -0.25) is 4.79 Å². The Morgan fingerprint density at radius 2 is 2.05 bits per heavy atom. The van der Waals surface area contributed by atoms with Crippen molar-refractivity contribution in [3.63, 3.8) is 0 Å². The maximum absolute atomic E-state index is 13.5. The molecule has 5 rings (SSSR count). The van der Waals surface area contributed by atoms with Gasteiger partial charge in [-0.05, 0) is 58.2 Å². The van der Waals surface area contributed by atoms with E-state index in [-0.39, 0.29) is 24.1 Å². The van der Waals surface area contributed by atoms with Gasteiger partial charge in [0.25, 0.3) is 5.91 Å². The van der Waals surface area contributed by atoms with E-state index in [9.17, 15) is 14.9 Å². The number of likely N-dealkylation sites (tertiary alicyclic amines) is 1. The van der Waals surface area contributed by atoms with Crippen LogP contribution in [0.1, 0.15) is 61.6 Å². The van der Waals surface area contributed by atoms with Crippen molar-refractivity contribution in [3.8, 4) is 23.2 Å². The van der Waals surface area contributed by atoms with Crippen LogP contribution >= 0.6 is 0 Å². The molecule has 1 saturated heterocycles. The van der Waals surface area contributed by atoms with Gasteiger partial charge < -0.3 is 24.0 Å². The number of hydrogen-bond acceptors (Lipinski definition) is 8. The molecule has 2 amide bonds. The SMILES string of the molecule is COC[C@@H]1C[C@@H](N2Cc3cnc(-c4cc(C#N)ccc4OC4CC4)nc3C2=O)CN1C(=O)OC(C)(C)C. The zero-order chi connectivity index (χ0) is 26.3. The van der Waals surface area contributed by atoms with E-state index in [0.717, 1.165) is 18.4 Å². The molecule has 1 aromatic heterocycles. The number of benzene rings is 1. The van der Waals surface area contributed by atoms with E-state index < -0.39 is 11.7 Å². The molecular weight excluding hydrogens is 474 g/mol. The van der Waals surface area contributed by atoms with Crippen molar-refractivity contribution < 1.29 is 23.8 Å². The first kappa shape index (κ1) is 25.0. The largest absolute Gasteiger partial charge is 0.490 e. The molecule has 1 aliphatic carbocycles. The van der Waals surface area contributed by atoms with Crippen LogP contribution in [0.5, 0.6) is 5.75 Å². The summed E-state index contributed by atoms with van der Waals surface area (Å²) in [5.41, 5.74) is 1.51. The van der Waals surface area contributed by atoms with Crippen LogP contribution in [0.4, 0.5) is 4.79 Å². The number of ether oxygens (including phenoxy) is 3. The molecule has 2 atom stereocenters. The van der Waals surface area contributed by atoms with Crippen molar-refractivity contribution in [3.05, 3.63) is 41.2 Å². The summed E-state index contributed by atoms with van der Waals surface area (Å²) in [6, 6.07) is 6.90. The molecule has 0 N–H and O–H groups in total. The summed E-state index contributed by atoms with van der Waals surface area (Å²) < 4.78 is 17.0. The van der Waals surface area contributed by atoms with Crippen LogP contribution in [-0.4, -0.2) is 75.8 Å². The van der Waals surface area contributed by atoms with Crippen LogP contribution in [0.15, 0.2) is 24.4 Å². The Kier molecular flexibility index (Phi) is 6.50. The number of hydrogen-bond donors (Lipinski definition) is 0. The molecule has 0 bridgehead atoms. The zero-order valence-electron chi connectivity index (χ0n) is 21.6. The van der Waals surface area contributed by atoms with Crippen molar-refractivity contribution in [2.24, 2.45) is 0 Å². The molecule has 0 unspecified atom stereocenters. The normalized spacial score (nSPS) is 21.1. The smallest absolute Gasteiger partial charge is 0.410 e. The summed E-state index contributed by atoms with van der Waals surface area (Å²) in [6.07, 6.45) is 3.98. The number of carbonyl (C=O) groups is 2. The summed E-state index contributed by atoms with van der Waals surface area (Å²) in [6.45, 7) is 6.56. The molecule has 0 spiro atoms. The average Bonchev–Trinajstić information content (AvgIpc) is 3.48. The van der Waals surface area contributed by atoms with Crippen LogP contribution < -0.4 is 4.74 Å². The highest BCUT2D eigenvalue weighted by atomic mass is 16.6. The first-order chi connectivity index (χ1) is 17.7. The number of aromatic nitrogens is 2. The van der Waals surface area contributed by atoms with Gasteiger partial charge in [-0.25, -0.2) is 14.8 Å². The molecule has 3 heterocycles. The van der Waals surface area contributed by atoms with Gasteiger partial charge in [0.15, 0.2) is 5.82 Å². The first-order valence-electron chi connectivity index (χ1n) is 12.5. The Morgan fingerprint density at radius 3 is 2.73 bits per heavy atom. The number of fused-ring (bicyclic) bond motifs is 1. The van der Waals surface area contributed by atoms with Gasteiger partial charge in [-0.1, -0.05) is 0 Å². The molecular formula is C27H31N5O5. The van der Waals surface area contributed by atoms with E-state index in [1.165, 1.54) is 0 Å². The Hall–Kier alpha value is -3.71. The Morgan fingerprint density at radius 1 is 1.27 bits per heavy atom. The topological polar surface area (TPSA) is 118 Å². The summed E-state index contributed by atoms with van der Waals surface area (Å²) >= 11 is 0. The highest BCUT2D eigenvalue weighted by molar-refractivity contribution is 5.97. The maximum atomic E-state index is 13.5. The molecule has 2 aliphatic heterocycles. The van der Waals surface area contributed by atoms with Crippen molar-refractivity contribution in [2.75, 3.05) is 20.3 Å². The van der Waals surface area contributed by atoms with Gasteiger partial charge >= 0.3 is 6.09 Å². The highest BCUT2D eigenvalue weighted by Gasteiger charge is 2.44. The third-order valence-electron chi connectivity index (χ3n) is 6.66. The summed E-state index contributed by atoms with van der Waals surface area (Å²) in [5, 5.41) is 9.39. The number of nitrogens with zero attached hydrogens (tertiary/aromatic N) is 5. The van der Waals surface area contributed by atoms with E-state index in [4.69, 9.17) is 14.2 Å². The number of amides is 2. The summed E-state index contributed by atoms with van der Waals surface area (Å²) in [4.78, 5) is 38.9. The van der Waals surface area contributed by atoms with Crippen LogP contribution in [0.3, 0.4) is 0 Å². The molecule has 2 fully saturated rings. The van der Waals surface area contributed by atoms with Crippen molar-refractivity contribution in [2.45, 2.75) is 70.4 Å². The second-order valence-corrected chi connectivity index (χ2v) is 10.8. The lowest BCUT2D eigenvalue weighted by molar-refractivity contribution is 0.0140. The van der Waals surface area contributed by atoms with Gasteiger partial charge in [0, 0.05) is 25.4 Å². The number of methoxy groups -OCH3 is 1. The van der Waals surface area contributed by atoms with E-state index in [0.29, 0.717) is 54.5 Å². The van der Waals surface area contributed by atoms with Crippen molar-refractivity contribution >= 4 is 12.0 Å². The molecule has 1 saturated carbocycles. The zero-order valence-corrected chi connectivity index (χ0v) is 21.6. The number of nitriles is 1. The standard InChI is InChI=1S/C27H31N5O5/c1-27(2,3)37-26(34)32-14-18(10-19(32)15-35-4)31-13-17-12-29-24(30-23(17)25(31)33)21-9-16(11-28)5-8-22(21)36-20-6-7-20/h5,8-9,12,18-20H,6-7,10,13-15H2,1-4H3/t18-,19+/m1/s1. The molecule has 0 radical (unpaired) electrons. The van der Waals surface area contributed by atoms with Crippen LogP contribution in [0, 0.1) is 11.3 Å². The Balaban J connectivity index is 1.38. The quantitative estimate of drug-likeness (QED) is 0.585. The van der Waals surface area contributed by atoms with Gasteiger partial charge in [0.1, 0.15) is 17.0 Å². The maximum Gasteiger partial charge on any atom is 0.410 e. The second kappa shape index (κ2) is 9.63. The van der Waals surface area contributed by atoms with Gasteiger partial charge in [-0.2, -0.15) is 5.26 Å². The minimum absolute atomic E-state index is 0.161. The van der Waals surface area contributed by atoms with E-state index in [1.54, 1.807) is 41.3 Å². The lowest BCUT2D eigenvalue weighted by Crippen LogP contribution is -2.43. The van der Waals surface area contributed by atoms with Gasteiger partial charge in [-0.15, -0.1) is 0 Å². The molecule has 37 heavy (non-hydrogen) atoms. The Labute approximate surface area is 216 Å². The fourth-order valence-electron chi connectivity index (χ4n) is 4.78. The summed E-state index contributed by atoms with van der Waals surface area (Å²) in [5.74, 6) is 0.752. The first-order valence-corrected chi connectivity index (χ1v) is 12.5. The molecule has 3 aliphatic rings. The van der Waals surface area contributed by atoms with Crippen molar-refractivity contribution in [1.29, 1.82) is 5.26 Å². The highest BCUT2D eigenvalue weighted by Crippen LogP contribution is 2.36. The van der Waals surface area contributed by atoms with E-state index in [1.807, 2.05) is 20.8 Å². The fraction of sp³-hybridized carbons (Fsp3) is 0.519. The molecule has 10 nitrogen and oxygen atoms in total. The third-order valence-corrected chi connectivity index (χ3v) is 6.66. The fourth-order valence-corrected chi connectivity index (χ4v) is 4.78. The Bertz CT molecular complexity index is 1260. The molecule has 2 aromatic rings. The lowest BCUT2D eigenvalue weighted by atomic mass is 10.1. The summed E-state index contributed by atoms with van der Waals surface area (Å²) in [7, 11) is 1.59. The molecule has 194 valence electrons. The van der Waals surface area contributed by atoms with E-state index in [2.05, 4.69) is 16.0 Å². The van der Waals surface area contributed by atoms with Crippen LogP contribution in [0.2, 0.25) is 0 Å². The number of carbonyl (C=O) groups excluding carboxylic acids is 2. The molecule has 10 heteroatoms. The van der Waals surface area contributed by atoms with Gasteiger partial charge in [0.05, 0.1) is 48.5 Å². The van der Waals surface area contributed by atoms with Crippen LogP contribution in [-0.2, 0) is 16.0 Å². The minimum Gasteiger partial charge on any atom is -0.490 e. The third kappa shape index (κ3) is 5.23. The van der Waals surface area contributed by atoms with Crippen LogP contribution in [0.25, 0.3) is 11.4 Å². The van der Waals surface area contributed by atoms with E-state index >= 15 is 0 Å².